The minimum absolute atomic E-state index is 0.610. The van der Waals surface area contributed by atoms with E-state index in [4.69, 9.17) is 13.8 Å². The van der Waals surface area contributed by atoms with Gasteiger partial charge in [-0.1, -0.05) is 78.9 Å². The maximum atomic E-state index is 6.55. The van der Waals surface area contributed by atoms with Crippen molar-refractivity contribution in [2.75, 3.05) is 4.90 Å². The molecule has 5 nitrogen and oxygen atoms in total. The fraction of sp³-hybridized carbons (Fsp3) is 0. The van der Waals surface area contributed by atoms with Gasteiger partial charge in [0.25, 0.3) is 0 Å². The highest BCUT2D eigenvalue weighted by Gasteiger charge is 2.25. The Bertz CT molecular complexity index is 2340. The number of hydrogen-bond acceptors (Lipinski definition) is 5. The fourth-order valence-electron chi connectivity index (χ4n) is 6.19. The molecule has 0 unspecified atom stereocenters. The van der Waals surface area contributed by atoms with Crippen LogP contribution < -0.4 is 4.90 Å². The summed E-state index contributed by atoms with van der Waals surface area (Å²) in [6.07, 6.45) is 5.53. The molecule has 0 N–H and O–H groups in total. The van der Waals surface area contributed by atoms with E-state index in [-0.39, 0.29) is 0 Å². The summed E-state index contributed by atoms with van der Waals surface area (Å²) in [5, 5.41) is 8.63. The fourth-order valence-corrected chi connectivity index (χ4v) is 6.19. The van der Waals surface area contributed by atoms with Crippen molar-refractivity contribution in [2.45, 2.75) is 0 Å². The molecule has 4 heterocycles. The molecule has 0 fully saturated rings. The van der Waals surface area contributed by atoms with Gasteiger partial charge in [-0.2, -0.15) is 0 Å². The minimum atomic E-state index is 0.610. The van der Waals surface area contributed by atoms with Crippen LogP contribution in [0.5, 0.6) is 0 Å². The molecule has 9 aromatic rings. The first-order valence-corrected chi connectivity index (χ1v) is 13.6. The van der Waals surface area contributed by atoms with Crippen molar-refractivity contribution in [1.82, 2.24) is 9.97 Å². The maximum absolute atomic E-state index is 6.55. The number of fused-ring (bicyclic) bond motifs is 9. The third kappa shape index (κ3) is 3.17. The van der Waals surface area contributed by atoms with Crippen LogP contribution in [-0.4, -0.2) is 9.97 Å². The first kappa shape index (κ1) is 22.2. The van der Waals surface area contributed by atoms with E-state index in [1.165, 1.54) is 10.8 Å². The topological polar surface area (TPSA) is 55.3 Å². The van der Waals surface area contributed by atoms with Crippen LogP contribution >= 0.6 is 0 Å². The second kappa shape index (κ2) is 8.41. The molecule has 0 spiro atoms. The number of hydrogen-bond donors (Lipinski definition) is 0. The monoisotopic (exact) mass is 527 g/mol. The summed E-state index contributed by atoms with van der Waals surface area (Å²) in [4.78, 5) is 11.5. The van der Waals surface area contributed by atoms with Gasteiger partial charge >= 0.3 is 0 Å². The van der Waals surface area contributed by atoms with Gasteiger partial charge in [0.15, 0.2) is 11.2 Å². The lowest BCUT2D eigenvalue weighted by atomic mass is 9.99. The van der Waals surface area contributed by atoms with E-state index < -0.39 is 0 Å². The molecule has 0 atom stereocenters. The number of aromatic nitrogens is 2. The average Bonchev–Trinajstić information content (AvgIpc) is 3.61. The van der Waals surface area contributed by atoms with E-state index in [9.17, 15) is 0 Å². The SMILES string of the molecule is c1ccc2c(c1)cc(N(c1cncc3c1oc1ccccc13)c1cccc3c1oc1ncccc13)c1ccccc12. The van der Waals surface area contributed by atoms with Crippen molar-refractivity contribution in [3.05, 3.63) is 128 Å². The van der Waals surface area contributed by atoms with Crippen LogP contribution in [0.15, 0.2) is 137 Å². The first-order chi connectivity index (χ1) is 20.3. The summed E-state index contributed by atoms with van der Waals surface area (Å²) in [6.45, 7) is 0. The summed E-state index contributed by atoms with van der Waals surface area (Å²) >= 11 is 0. The molecule has 0 aliphatic rings. The number of nitrogens with zero attached hydrogens (tertiary/aromatic N) is 3. The van der Waals surface area contributed by atoms with Crippen molar-refractivity contribution in [3.8, 4) is 0 Å². The summed E-state index contributed by atoms with van der Waals surface area (Å²) in [5.41, 5.74) is 5.69. The van der Waals surface area contributed by atoms with Gasteiger partial charge in [0.05, 0.1) is 17.6 Å². The van der Waals surface area contributed by atoms with Crippen LogP contribution in [0.3, 0.4) is 0 Å². The zero-order valence-electron chi connectivity index (χ0n) is 21.8. The quantitative estimate of drug-likeness (QED) is 0.214. The molecule has 0 aliphatic carbocycles. The molecule has 41 heavy (non-hydrogen) atoms. The second-order valence-electron chi connectivity index (χ2n) is 10.2. The van der Waals surface area contributed by atoms with Crippen molar-refractivity contribution < 1.29 is 8.83 Å². The highest BCUT2D eigenvalue weighted by atomic mass is 16.3. The maximum Gasteiger partial charge on any atom is 0.227 e. The molecule has 0 saturated carbocycles. The van der Waals surface area contributed by atoms with Gasteiger partial charge in [-0.25, -0.2) is 4.98 Å². The Morgan fingerprint density at radius 1 is 0.488 bits per heavy atom. The molecule has 5 heteroatoms. The molecule has 9 rings (SSSR count). The van der Waals surface area contributed by atoms with E-state index in [0.29, 0.717) is 5.71 Å². The van der Waals surface area contributed by atoms with E-state index in [1.54, 1.807) is 6.20 Å². The normalized spacial score (nSPS) is 11.9. The molecule has 0 bridgehead atoms. The minimum Gasteiger partial charge on any atom is -0.454 e. The first-order valence-electron chi connectivity index (χ1n) is 13.6. The zero-order chi connectivity index (χ0) is 26.9. The number of benzene rings is 5. The summed E-state index contributed by atoms with van der Waals surface area (Å²) in [6, 6.07) is 37.7. The summed E-state index contributed by atoms with van der Waals surface area (Å²) in [7, 11) is 0. The van der Waals surface area contributed by atoms with Gasteiger partial charge < -0.3 is 13.7 Å². The molecule has 0 amide bonds. The highest BCUT2D eigenvalue weighted by molar-refractivity contribution is 6.18. The lowest BCUT2D eigenvalue weighted by Crippen LogP contribution is -2.11. The van der Waals surface area contributed by atoms with E-state index in [1.807, 2.05) is 36.7 Å². The van der Waals surface area contributed by atoms with Gasteiger partial charge in [0.2, 0.25) is 5.71 Å². The molecule has 0 saturated heterocycles. The third-order valence-corrected chi connectivity index (χ3v) is 7.99. The smallest absolute Gasteiger partial charge is 0.227 e. The number of rotatable bonds is 3. The van der Waals surface area contributed by atoms with Crippen molar-refractivity contribution in [2.24, 2.45) is 0 Å². The van der Waals surface area contributed by atoms with Crippen molar-refractivity contribution >= 4 is 82.6 Å². The lowest BCUT2D eigenvalue weighted by Gasteiger charge is -2.27. The summed E-state index contributed by atoms with van der Waals surface area (Å²) in [5.74, 6) is 0. The Morgan fingerprint density at radius 3 is 2.15 bits per heavy atom. The lowest BCUT2D eigenvalue weighted by molar-refractivity contribution is 0.654. The largest absolute Gasteiger partial charge is 0.454 e. The van der Waals surface area contributed by atoms with Crippen LogP contribution in [0.2, 0.25) is 0 Å². The third-order valence-electron chi connectivity index (χ3n) is 7.99. The van der Waals surface area contributed by atoms with Gasteiger partial charge in [-0.3, -0.25) is 4.98 Å². The molecule has 4 aromatic heterocycles. The standard InChI is InChI=1S/C36H21N3O2/c1-2-10-23-22(9-1)19-31(25-12-4-3-11-24(23)25)39(30-16-7-14-27-28-15-8-18-38-36(28)41-34(27)30)32-21-37-20-29-26-13-5-6-17-33(26)40-35(29)32/h1-21H. The Labute approximate surface area is 233 Å². The molecule has 0 aliphatic heterocycles. The van der Waals surface area contributed by atoms with E-state index in [0.717, 1.165) is 66.1 Å². The predicted octanol–water partition coefficient (Wildman–Crippen LogP) is 10.1. The average molecular weight is 528 g/mol. The number of furan rings is 2. The molecule has 192 valence electrons. The Kier molecular flexibility index (Phi) is 4.55. The second-order valence-corrected chi connectivity index (χ2v) is 10.2. The Morgan fingerprint density at radius 2 is 1.22 bits per heavy atom. The molecular weight excluding hydrogens is 506 g/mol. The van der Waals surface area contributed by atoms with Crippen LogP contribution in [0.4, 0.5) is 17.1 Å². The van der Waals surface area contributed by atoms with Gasteiger partial charge in [0.1, 0.15) is 11.3 Å². The van der Waals surface area contributed by atoms with Crippen LogP contribution in [0, 0.1) is 0 Å². The van der Waals surface area contributed by atoms with E-state index >= 15 is 0 Å². The van der Waals surface area contributed by atoms with Crippen LogP contribution in [0.1, 0.15) is 0 Å². The number of anilines is 3. The highest BCUT2D eigenvalue weighted by Crippen LogP contribution is 2.48. The van der Waals surface area contributed by atoms with Crippen molar-refractivity contribution in [1.29, 1.82) is 0 Å². The van der Waals surface area contributed by atoms with Gasteiger partial charge in [0, 0.05) is 39.3 Å². The van der Waals surface area contributed by atoms with E-state index in [2.05, 4.69) is 94.8 Å². The molecule has 5 aromatic carbocycles. The number of para-hydroxylation sites is 2. The Hall–Kier alpha value is -5.68. The van der Waals surface area contributed by atoms with Gasteiger partial charge in [-0.15, -0.1) is 0 Å². The van der Waals surface area contributed by atoms with Crippen LogP contribution in [-0.2, 0) is 0 Å². The summed E-state index contributed by atoms with van der Waals surface area (Å²) < 4.78 is 13.0. The zero-order valence-corrected chi connectivity index (χ0v) is 21.8. The Balaban J connectivity index is 1.46. The van der Waals surface area contributed by atoms with Crippen molar-refractivity contribution in [3.63, 3.8) is 0 Å². The molecular formula is C36H21N3O2. The molecule has 0 radical (unpaired) electrons. The number of pyridine rings is 2. The predicted molar refractivity (Wildman–Crippen MR) is 166 cm³/mol. The van der Waals surface area contributed by atoms with Gasteiger partial charge in [-0.05, 0) is 46.5 Å². The van der Waals surface area contributed by atoms with Crippen LogP contribution in [0.25, 0.3) is 65.6 Å².